The van der Waals surface area contributed by atoms with E-state index in [4.69, 9.17) is 9.47 Å². The van der Waals surface area contributed by atoms with E-state index in [0.717, 1.165) is 48.3 Å². The third kappa shape index (κ3) is 5.43. The van der Waals surface area contributed by atoms with Crippen LogP contribution in [0.3, 0.4) is 0 Å². The van der Waals surface area contributed by atoms with Crippen molar-refractivity contribution in [3.05, 3.63) is 28.2 Å². The number of carbonyl (C=O) groups is 1. The number of rotatable bonds is 4. The monoisotopic (exact) mass is 438 g/mol. The fourth-order valence-electron chi connectivity index (χ4n) is 3.40. The Balaban J connectivity index is 1.52. The average molecular weight is 439 g/mol. The van der Waals surface area contributed by atoms with Crippen LogP contribution in [0.1, 0.15) is 18.4 Å². The van der Waals surface area contributed by atoms with Crippen LogP contribution in [-0.2, 0) is 14.3 Å². The summed E-state index contributed by atoms with van der Waals surface area (Å²) in [5, 5.41) is 6.10. The standard InChI is InChI=1S/C19H27BrN4O3/c1-13-5-6-14(20)10-15(13)23-18(25)11-22-19(21-2)24-7-9-27-17(12-24)16-4-3-8-26-16/h5-6,10,16-17H,3-4,7-9,11-12H2,1-2H3,(H,21,22)(H,23,25). The van der Waals surface area contributed by atoms with Crippen molar-refractivity contribution in [2.75, 3.05) is 45.2 Å². The molecule has 0 aliphatic carbocycles. The lowest BCUT2D eigenvalue weighted by atomic mass is 10.1. The molecule has 0 radical (unpaired) electrons. The first-order valence-electron chi connectivity index (χ1n) is 9.31. The maximum atomic E-state index is 12.3. The van der Waals surface area contributed by atoms with Crippen molar-refractivity contribution in [2.45, 2.75) is 32.0 Å². The van der Waals surface area contributed by atoms with Crippen molar-refractivity contribution < 1.29 is 14.3 Å². The van der Waals surface area contributed by atoms with Gasteiger partial charge in [-0.2, -0.15) is 0 Å². The van der Waals surface area contributed by atoms with Gasteiger partial charge in [0.15, 0.2) is 5.96 Å². The van der Waals surface area contributed by atoms with E-state index in [1.807, 2.05) is 25.1 Å². The van der Waals surface area contributed by atoms with Gasteiger partial charge in [-0.3, -0.25) is 9.79 Å². The molecule has 2 N–H and O–H groups in total. The molecule has 2 fully saturated rings. The van der Waals surface area contributed by atoms with Crippen LogP contribution in [-0.4, -0.2) is 68.9 Å². The molecule has 2 heterocycles. The van der Waals surface area contributed by atoms with Gasteiger partial charge in [0.1, 0.15) is 6.10 Å². The zero-order chi connectivity index (χ0) is 19.2. The minimum absolute atomic E-state index is 0.0537. The van der Waals surface area contributed by atoms with Crippen molar-refractivity contribution in [1.29, 1.82) is 0 Å². The van der Waals surface area contributed by atoms with Crippen molar-refractivity contribution in [3.63, 3.8) is 0 Å². The van der Waals surface area contributed by atoms with Crippen LogP contribution in [0.4, 0.5) is 5.69 Å². The summed E-state index contributed by atoms with van der Waals surface area (Å²) >= 11 is 3.43. The summed E-state index contributed by atoms with van der Waals surface area (Å²) in [5.74, 6) is 0.601. The normalized spacial score (nSPS) is 23.4. The Labute approximate surface area is 168 Å². The first kappa shape index (κ1) is 20.1. The van der Waals surface area contributed by atoms with Crippen LogP contribution in [0.5, 0.6) is 0 Å². The summed E-state index contributed by atoms with van der Waals surface area (Å²) in [7, 11) is 1.73. The number of ether oxygens (including phenoxy) is 2. The first-order chi connectivity index (χ1) is 13.1. The highest BCUT2D eigenvalue weighted by molar-refractivity contribution is 9.10. The molecule has 3 rings (SSSR count). The molecule has 2 aliphatic rings. The highest BCUT2D eigenvalue weighted by Gasteiger charge is 2.32. The number of aliphatic imine (C=N–C) groups is 1. The van der Waals surface area contributed by atoms with Crippen LogP contribution in [0.2, 0.25) is 0 Å². The summed E-state index contributed by atoms with van der Waals surface area (Å²) < 4.78 is 12.6. The van der Waals surface area contributed by atoms with Crippen molar-refractivity contribution in [1.82, 2.24) is 10.2 Å². The van der Waals surface area contributed by atoms with Crippen LogP contribution in [0, 0.1) is 6.92 Å². The Hall–Kier alpha value is -1.64. The van der Waals surface area contributed by atoms with Gasteiger partial charge < -0.3 is 25.0 Å². The Morgan fingerprint density at radius 2 is 2.15 bits per heavy atom. The minimum atomic E-state index is -0.110. The van der Waals surface area contributed by atoms with Gasteiger partial charge in [-0.25, -0.2) is 0 Å². The predicted octanol–water partition coefficient (Wildman–Crippen LogP) is 2.15. The van der Waals surface area contributed by atoms with E-state index < -0.39 is 0 Å². The van der Waals surface area contributed by atoms with Gasteiger partial charge in [0.2, 0.25) is 5.91 Å². The lowest BCUT2D eigenvalue weighted by Gasteiger charge is -2.37. The summed E-state index contributed by atoms with van der Waals surface area (Å²) in [6.45, 7) is 5.03. The topological polar surface area (TPSA) is 75.2 Å². The van der Waals surface area contributed by atoms with Crippen LogP contribution in [0.15, 0.2) is 27.7 Å². The summed E-state index contributed by atoms with van der Waals surface area (Å²) in [4.78, 5) is 18.8. The summed E-state index contributed by atoms with van der Waals surface area (Å²) in [6, 6.07) is 5.81. The SMILES string of the molecule is CN=C(NCC(=O)Nc1cc(Br)ccc1C)N1CCOC(C2CCCO2)C1. The number of anilines is 1. The second kappa shape index (κ2) is 9.52. The number of amides is 1. The van der Waals surface area contributed by atoms with Crippen LogP contribution >= 0.6 is 15.9 Å². The minimum Gasteiger partial charge on any atom is -0.375 e. The van der Waals surface area contributed by atoms with Gasteiger partial charge >= 0.3 is 0 Å². The largest absolute Gasteiger partial charge is 0.375 e. The number of aryl methyl sites for hydroxylation is 1. The quantitative estimate of drug-likeness (QED) is 0.556. The third-order valence-corrected chi connectivity index (χ3v) is 5.36. The van der Waals surface area contributed by atoms with Crippen molar-refractivity contribution in [3.8, 4) is 0 Å². The molecular weight excluding hydrogens is 412 g/mol. The number of nitrogens with zero attached hydrogens (tertiary/aromatic N) is 2. The zero-order valence-electron chi connectivity index (χ0n) is 15.8. The maximum Gasteiger partial charge on any atom is 0.243 e. The molecule has 2 saturated heterocycles. The molecule has 0 bridgehead atoms. The van der Waals surface area contributed by atoms with Crippen LogP contribution < -0.4 is 10.6 Å². The number of hydrogen-bond donors (Lipinski definition) is 2. The highest BCUT2D eigenvalue weighted by atomic mass is 79.9. The van der Waals surface area contributed by atoms with Gasteiger partial charge in [0, 0.05) is 36.9 Å². The van der Waals surface area contributed by atoms with Crippen molar-refractivity contribution in [2.24, 2.45) is 4.99 Å². The van der Waals surface area contributed by atoms with E-state index in [2.05, 4.69) is 36.5 Å². The number of morpholine rings is 1. The molecule has 0 aromatic heterocycles. The Morgan fingerprint density at radius 3 is 2.89 bits per heavy atom. The third-order valence-electron chi connectivity index (χ3n) is 4.87. The fourth-order valence-corrected chi connectivity index (χ4v) is 3.76. The van der Waals surface area contributed by atoms with E-state index in [9.17, 15) is 4.79 Å². The molecule has 2 atom stereocenters. The molecule has 0 spiro atoms. The maximum absolute atomic E-state index is 12.3. The van der Waals surface area contributed by atoms with Crippen LogP contribution in [0.25, 0.3) is 0 Å². The lowest BCUT2D eigenvalue weighted by molar-refractivity contribution is -0.115. The molecule has 1 aromatic carbocycles. The van der Waals surface area contributed by atoms with E-state index in [-0.39, 0.29) is 24.7 Å². The second-order valence-electron chi connectivity index (χ2n) is 6.81. The highest BCUT2D eigenvalue weighted by Crippen LogP contribution is 2.21. The molecule has 0 saturated carbocycles. The zero-order valence-corrected chi connectivity index (χ0v) is 17.4. The second-order valence-corrected chi connectivity index (χ2v) is 7.73. The van der Waals surface area contributed by atoms with Gasteiger partial charge in [0.25, 0.3) is 0 Å². The molecule has 7 nitrogen and oxygen atoms in total. The molecule has 8 heteroatoms. The number of benzene rings is 1. The number of halogens is 1. The van der Waals surface area contributed by atoms with Gasteiger partial charge in [-0.15, -0.1) is 0 Å². The smallest absolute Gasteiger partial charge is 0.243 e. The Morgan fingerprint density at radius 1 is 1.33 bits per heavy atom. The van der Waals surface area contributed by atoms with E-state index in [0.29, 0.717) is 12.6 Å². The Bertz CT molecular complexity index is 692. The molecular formula is C19H27BrN4O3. The lowest BCUT2D eigenvalue weighted by Crippen LogP contribution is -2.54. The number of guanidine groups is 1. The molecule has 148 valence electrons. The summed E-state index contributed by atoms with van der Waals surface area (Å²) in [5.41, 5.74) is 1.82. The van der Waals surface area contributed by atoms with E-state index in [1.165, 1.54) is 0 Å². The molecule has 2 aliphatic heterocycles. The van der Waals surface area contributed by atoms with Gasteiger partial charge in [0.05, 0.1) is 19.3 Å². The molecule has 1 amide bonds. The van der Waals surface area contributed by atoms with E-state index in [1.54, 1.807) is 7.05 Å². The number of carbonyl (C=O) groups excluding carboxylic acids is 1. The number of nitrogens with one attached hydrogen (secondary N) is 2. The van der Waals surface area contributed by atoms with Gasteiger partial charge in [-0.1, -0.05) is 22.0 Å². The number of hydrogen-bond acceptors (Lipinski definition) is 4. The van der Waals surface area contributed by atoms with Crippen molar-refractivity contribution >= 4 is 33.5 Å². The molecule has 27 heavy (non-hydrogen) atoms. The molecule has 1 aromatic rings. The summed E-state index contributed by atoms with van der Waals surface area (Å²) in [6.07, 6.45) is 2.35. The molecule has 2 unspecified atom stereocenters. The average Bonchev–Trinajstić information content (AvgIpc) is 3.20. The predicted molar refractivity (Wildman–Crippen MR) is 109 cm³/mol. The van der Waals surface area contributed by atoms with E-state index >= 15 is 0 Å². The fraction of sp³-hybridized carbons (Fsp3) is 0.579. The Kier molecular flexibility index (Phi) is 7.09. The van der Waals surface area contributed by atoms with Gasteiger partial charge in [-0.05, 0) is 37.5 Å². The first-order valence-corrected chi connectivity index (χ1v) is 10.1.